The van der Waals surface area contributed by atoms with Crippen molar-refractivity contribution >= 4 is 11.7 Å². The van der Waals surface area contributed by atoms with Crippen LogP contribution in [0.4, 0.5) is 10.5 Å². The molecule has 128 valence electrons. The number of carbonyl (C=O) groups is 1. The van der Waals surface area contributed by atoms with E-state index in [-0.39, 0.29) is 6.03 Å². The van der Waals surface area contributed by atoms with Gasteiger partial charge in [-0.25, -0.2) is 4.79 Å². The molecule has 0 saturated carbocycles. The molecule has 1 saturated heterocycles. The summed E-state index contributed by atoms with van der Waals surface area (Å²) in [5.74, 6) is 0. The Morgan fingerprint density at radius 3 is 2.79 bits per heavy atom. The highest BCUT2D eigenvalue weighted by molar-refractivity contribution is 5.89. The summed E-state index contributed by atoms with van der Waals surface area (Å²) >= 11 is 0. The Balaban J connectivity index is 1.41. The molecule has 1 aliphatic heterocycles. The first kappa shape index (κ1) is 16.4. The van der Waals surface area contributed by atoms with Crippen molar-refractivity contribution in [1.82, 2.24) is 25.0 Å². The topological polar surface area (TPSA) is 84.3 Å². The second-order valence-corrected chi connectivity index (χ2v) is 5.61. The number of hydrogen-bond acceptors (Lipinski definition) is 5. The van der Waals surface area contributed by atoms with E-state index < -0.39 is 0 Å². The number of nitrogens with zero attached hydrogens (tertiary/aromatic N) is 4. The van der Waals surface area contributed by atoms with E-state index in [4.69, 9.17) is 4.74 Å². The quantitative estimate of drug-likeness (QED) is 0.775. The zero-order valence-electron chi connectivity index (χ0n) is 13.5. The van der Waals surface area contributed by atoms with Gasteiger partial charge in [-0.05, 0) is 31.2 Å². The van der Waals surface area contributed by atoms with Gasteiger partial charge in [0.2, 0.25) is 0 Å². The molecule has 2 heterocycles. The molecule has 1 aliphatic rings. The van der Waals surface area contributed by atoms with Crippen LogP contribution in [0.15, 0.2) is 36.9 Å². The van der Waals surface area contributed by atoms with E-state index in [9.17, 15) is 4.79 Å². The molecule has 8 heteroatoms. The number of benzene rings is 1. The zero-order valence-corrected chi connectivity index (χ0v) is 13.5. The maximum Gasteiger partial charge on any atom is 0.319 e. The lowest BCUT2D eigenvalue weighted by Gasteiger charge is -2.26. The number of nitrogens with one attached hydrogen (secondary N) is 2. The number of anilines is 1. The number of urea groups is 1. The highest BCUT2D eigenvalue weighted by atomic mass is 16.5. The number of morpholine rings is 1. The van der Waals surface area contributed by atoms with Gasteiger partial charge in [-0.2, -0.15) is 0 Å². The monoisotopic (exact) mass is 330 g/mol. The van der Waals surface area contributed by atoms with E-state index in [2.05, 4.69) is 25.7 Å². The molecule has 0 unspecified atom stereocenters. The summed E-state index contributed by atoms with van der Waals surface area (Å²) in [7, 11) is 0. The third-order valence-electron chi connectivity index (χ3n) is 3.86. The predicted molar refractivity (Wildman–Crippen MR) is 90.3 cm³/mol. The molecular formula is C16H22N6O2. The van der Waals surface area contributed by atoms with Crippen LogP contribution in [0.25, 0.3) is 5.69 Å². The molecule has 3 rings (SSSR count). The maximum atomic E-state index is 12.0. The van der Waals surface area contributed by atoms with Crippen molar-refractivity contribution in [3.63, 3.8) is 0 Å². The molecule has 0 radical (unpaired) electrons. The molecule has 1 aromatic carbocycles. The average Bonchev–Trinajstić information content (AvgIpc) is 3.15. The summed E-state index contributed by atoms with van der Waals surface area (Å²) in [6, 6.07) is 7.33. The van der Waals surface area contributed by atoms with Gasteiger partial charge in [0.05, 0.1) is 18.9 Å². The number of rotatable bonds is 6. The van der Waals surface area contributed by atoms with E-state index in [1.54, 1.807) is 17.2 Å². The van der Waals surface area contributed by atoms with Crippen LogP contribution in [0.2, 0.25) is 0 Å². The van der Waals surface area contributed by atoms with Gasteiger partial charge < -0.3 is 15.4 Å². The smallest absolute Gasteiger partial charge is 0.319 e. The van der Waals surface area contributed by atoms with Crippen molar-refractivity contribution in [2.75, 3.05) is 44.7 Å². The number of hydrogen-bond donors (Lipinski definition) is 2. The molecule has 0 aliphatic carbocycles. The Hall–Kier alpha value is -2.45. The van der Waals surface area contributed by atoms with Crippen molar-refractivity contribution < 1.29 is 9.53 Å². The standard InChI is InChI=1S/C16H22N6O2/c23-16(17-5-2-6-21-7-9-24-10-8-21)20-14-3-1-4-15(11-14)22-12-18-19-13-22/h1,3-4,11-13H,2,5-10H2,(H2,17,20,23). The van der Waals surface area contributed by atoms with Crippen LogP contribution in [0.1, 0.15) is 6.42 Å². The van der Waals surface area contributed by atoms with Gasteiger partial charge in [0.15, 0.2) is 0 Å². The van der Waals surface area contributed by atoms with Crippen molar-refractivity contribution in [2.45, 2.75) is 6.42 Å². The molecule has 24 heavy (non-hydrogen) atoms. The second-order valence-electron chi connectivity index (χ2n) is 5.61. The summed E-state index contributed by atoms with van der Waals surface area (Å²) < 4.78 is 7.10. The number of ether oxygens (including phenoxy) is 1. The molecule has 0 spiro atoms. The minimum Gasteiger partial charge on any atom is -0.379 e. The molecular weight excluding hydrogens is 308 g/mol. The first-order valence-electron chi connectivity index (χ1n) is 8.11. The van der Waals surface area contributed by atoms with E-state index in [0.717, 1.165) is 50.6 Å². The van der Waals surface area contributed by atoms with Gasteiger partial charge in [0, 0.05) is 25.3 Å². The second kappa shape index (κ2) is 8.42. The lowest BCUT2D eigenvalue weighted by molar-refractivity contribution is 0.0375. The van der Waals surface area contributed by atoms with E-state index in [1.807, 2.05) is 24.3 Å². The van der Waals surface area contributed by atoms with Crippen molar-refractivity contribution in [1.29, 1.82) is 0 Å². The Morgan fingerprint density at radius 2 is 2.00 bits per heavy atom. The van der Waals surface area contributed by atoms with Gasteiger partial charge in [0.25, 0.3) is 0 Å². The number of carbonyl (C=O) groups excluding carboxylic acids is 1. The summed E-state index contributed by atoms with van der Waals surface area (Å²) in [5.41, 5.74) is 1.62. The average molecular weight is 330 g/mol. The highest BCUT2D eigenvalue weighted by Gasteiger charge is 2.09. The van der Waals surface area contributed by atoms with Gasteiger partial charge >= 0.3 is 6.03 Å². The molecule has 1 fully saturated rings. The van der Waals surface area contributed by atoms with Crippen molar-refractivity contribution in [2.24, 2.45) is 0 Å². The summed E-state index contributed by atoms with van der Waals surface area (Å²) in [4.78, 5) is 14.3. The Kier molecular flexibility index (Phi) is 5.75. The summed E-state index contributed by atoms with van der Waals surface area (Å²) in [6.07, 6.45) is 4.16. The Morgan fingerprint density at radius 1 is 1.21 bits per heavy atom. The third kappa shape index (κ3) is 4.77. The Bertz CT molecular complexity index is 640. The van der Waals surface area contributed by atoms with Crippen molar-refractivity contribution in [3.05, 3.63) is 36.9 Å². The summed E-state index contributed by atoms with van der Waals surface area (Å²) in [5, 5.41) is 13.3. The van der Waals surface area contributed by atoms with Gasteiger partial charge in [0.1, 0.15) is 12.7 Å². The van der Waals surface area contributed by atoms with E-state index in [1.165, 1.54) is 0 Å². The summed E-state index contributed by atoms with van der Waals surface area (Å²) in [6.45, 7) is 5.18. The van der Waals surface area contributed by atoms with Crippen LogP contribution in [0.3, 0.4) is 0 Å². The minimum atomic E-state index is -0.196. The van der Waals surface area contributed by atoms with Crippen LogP contribution in [0.5, 0.6) is 0 Å². The molecule has 0 atom stereocenters. The lowest BCUT2D eigenvalue weighted by Crippen LogP contribution is -2.38. The largest absolute Gasteiger partial charge is 0.379 e. The number of aromatic nitrogens is 3. The highest BCUT2D eigenvalue weighted by Crippen LogP contribution is 2.13. The van der Waals surface area contributed by atoms with Gasteiger partial charge in [-0.15, -0.1) is 10.2 Å². The molecule has 8 nitrogen and oxygen atoms in total. The van der Waals surface area contributed by atoms with E-state index in [0.29, 0.717) is 6.54 Å². The van der Waals surface area contributed by atoms with Crippen LogP contribution in [-0.2, 0) is 4.74 Å². The lowest BCUT2D eigenvalue weighted by atomic mass is 10.3. The molecule has 2 amide bonds. The molecule has 2 aromatic rings. The van der Waals surface area contributed by atoms with Crippen LogP contribution in [-0.4, -0.2) is 65.1 Å². The fraction of sp³-hybridized carbons (Fsp3) is 0.438. The molecule has 2 N–H and O–H groups in total. The minimum absolute atomic E-state index is 0.196. The Labute approximate surface area is 140 Å². The van der Waals surface area contributed by atoms with Crippen LogP contribution >= 0.6 is 0 Å². The van der Waals surface area contributed by atoms with Crippen LogP contribution in [0, 0.1) is 0 Å². The number of amides is 2. The molecule has 0 bridgehead atoms. The molecule has 1 aromatic heterocycles. The zero-order chi connectivity index (χ0) is 16.6. The van der Waals surface area contributed by atoms with Gasteiger partial charge in [-0.1, -0.05) is 6.07 Å². The fourth-order valence-corrected chi connectivity index (χ4v) is 2.58. The maximum absolute atomic E-state index is 12.0. The normalized spacial score (nSPS) is 15.2. The predicted octanol–water partition coefficient (Wildman–Crippen LogP) is 1.11. The third-order valence-corrected chi connectivity index (χ3v) is 3.86. The van der Waals surface area contributed by atoms with E-state index >= 15 is 0 Å². The first-order valence-corrected chi connectivity index (χ1v) is 8.11. The van der Waals surface area contributed by atoms with Gasteiger partial charge in [-0.3, -0.25) is 9.47 Å². The fourth-order valence-electron chi connectivity index (χ4n) is 2.58. The van der Waals surface area contributed by atoms with Crippen LogP contribution < -0.4 is 10.6 Å². The first-order chi connectivity index (χ1) is 11.8. The van der Waals surface area contributed by atoms with Crippen molar-refractivity contribution in [3.8, 4) is 5.69 Å². The SMILES string of the molecule is O=C(NCCCN1CCOCC1)Nc1cccc(-n2cnnc2)c1.